The maximum Gasteiger partial charge on any atom is 0.254 e. The van der Waals surface area contributed by atoms with Crippen LogP contribution in [-0.4, -0.2) is 22.8 Å². The third-order valence-corrected chi connectivity index (χ3v) is 2.99. The first kappa shape index (κ1) is 14.0. The summed E-state index contributed by atoms with van der Waals surface area (Å²) in [6.07, 6.45) is 3.10. The number of nitrogens with one attached hydrogen (secondary N) is 1. The highest BCUT2D eigenvalue weighted by molar-refractivity contribution is 5.93. The number of hydrogen-bond acceptors (Lipinski definition) is 3. The Balaban J connectivity index is 2.10. The van der Waals surface area contributed by atoms with Gasteiger partial charge in [0.05, 0.1) is 24.9 Å². The molecule has 1 aromatic heterocycles. The monoisotopic (exact) mass is 277 g/mol. The van der Waals surface area contributed by atoms with Crippen molar-refractivity contribution in [3.8, 4) is 5.75 Å². The lowest BCUT2D eigenvalue weighted by Gasteiger charge is -2.14. The molecule has 1 N–H and O–H groups in total. The maximum atomic E-state index is 13.6. The zero-order valence-electron chi connectivity index (χ0n) is 11.6. The lowest BCUT2D eigenvalue weighted by molar-refractivity contribution is 0.0939. The molecule has 0 spiro atoms. The number of aryl methyl sites for hydroxylation is 1. The Bertz CT molecular complexity index is 625. The van der Waals surface area contributed by atoms with Gasteiger partial charge in [0.1, 0.15) is 0 Å². The molecule has 1 atom stereocenters. The van der Waals surface area contributed by atoms with Gasteiger partial charge in [-0.1, -0.05) is 6.07 Å². The molecule has 1 amide bonds. The van der Waals surface area contributed by atoms with E-state index in [2.05, 4.69) is 10.4 Å². The molecule has 0 radical (unpaired) electrons. The number of methoxy groups -OCH3 is 1. The van der Waals surface area contributed by atoms with Gasteiger partial charge in [-0.05, 0) is 24.6 Å². The molecule has 0 aliphatic heterocycles. The van der Waals surface area contributed by atoms with Crippen LogP contribution < -0.4 is 10.1 Å². The average molecular weight is 277 g/mol. The van der Waals surface area contributed by atoms with Crippen LogP contribution in [0.5, 0.6) is 5.75 Å². The Hall–Kier alpha value is -2.37. The van der Waals surface area contributed by atoms with Crippen molar-refractivity contribution >= 4 is 5.91 Å². The standard InChI is InChI=1S/C14H16FN3O2/c1-9(10-4-5-13(20-3)12(15)6-10)17-14(19)11-7-16-18(2)8-11/h4-9H,1-3H3,(H,17,19). The number of hydrogen-bond donors (Lipinski definition) is 1. The minimum atomic E-state index is -0.451. The molecule has 2 rings (SSSR count). The van der Waals surface area contributed by atoms with E-state index in [-0.39, 0.29) is 17.7 Å². The van der Waals surface area contributed by atoms with Crippen molar-refractivity contribution in [1.82, 2.24) is 15.1 Å². The molecule has 6 heteroatoms. The molecule has 2 aromatic rings. The van der Waals surface area contributed by atoms with E-state index >= 15 is 0 Å². The molecule has 20 heavy (non-hydrogen) atoms. The minimum absolute atomic E-state index is 0.180. The number of rotatable bonds is 4. The first-order valence-corrected chi connectivity index (χ1v) is 6.14. The largest absolute Gasteiger partial charge is 0.494 e. The molecular formula is C14H16FN3O2. The highest BCUT2D eigenvalue weighted by Gasteiger charge is 2.14. The molecule has 106 valence electrons. The Labute approximate surface area is 116 Å². The molecule has 1 unspecified atom stereocenters. The molecule has 1 heterocycles. The normalized spacial score (nSPS) is 12.0. The summed E-state index contributed by atoms with van der Waals surface area (Å²) in [5.41, 5.74) is 1.13. The predicted octanol–water partition coefficient (Wildman–Crippen LogP) is 2.06. The number of nitrogens with zero attached hydrogens (tertiary/aromatic N) is 2. The van der Waals surface area contributed by atoms with Crippen molar-refractivity contribution in [1.29, 1.82) is 0 Å². The van der Waals surface area contributed by atoms with Gasteiger partial charge < -0.3 is 10.1 Å². The first-order valence-electron chi connectivity index (χ1n) is 6.14. The number of carbonyl (C=O) groups is 1. The predicted molar refractivity (Wildman–Crippen MR) is 72.0 cm³/mol. The number of ether oxygens (including phenoxy) is 1. The third kappa shape index (κ3) is 2.96. The van der Waals surface area contributed by atoms with E-state index in [1.54, 1.807) is 30.9 Å². The van der Waals surface area contributed by atoms with Crippen LogP contribution in [0.1, 0.15) is 28.9 Å². The fourth-order valence-corrected chi connectivity index (χ4v) is 1.85. The van der Waals surface area contributed by atoms with Crippen LogP contribution >= 0.6 is 0 Å². The van der Waals surface area contributed by atoms with E-state index in [1.807, 2.05) is 0 Å². The Morgan fingerprint density at radius 3 is 2.80 bits per heavy atom. The van der Waals surface area contributed by atoms with E-state index < -0.39 is 5.82 Å². The lowest BCUT2D eigenvalue weighted by Crippen LogP contribution is -2.26. The fourth-order valence-electron chi connectivity index (χ4n) is 1.85. The molecule has 1 aromatic carbocycles. The summed E-state index contributed by atoms with van der Waals surface area (Å²) in [7, 11) is 3.14. The summed E-state index contributed by atoms with van der Waals surface area (Å²) >= 11 is 0. The van der Waals surface area contributed by atoms with Gasteiger partial charge in [0.25, 0.3) is 5.91 Å². The van der Waals surface area contributed by atoms with Crippen LogP contribution in [0.25, 0.3) is 0 Å². The molecule has 0 saturated heterocycles. The van der Waals surface area contributed by atoms with Crippen molar-refractivity contribution in [3.63, 3.8) is 0 Å². The van der Waals surface area contributed by atoms with Crippen molar-refractivity contribution in [3.05, 3.63) is 47.5 Å². The summed E-state index contributed by atoms with van der Waals surface area (Å²) in [6, 6.07) is 4.30. The number of benzene rings is 1. The highest BCUT2D eigenvalue weighted by atomic mass is 19.1. The van der Waals surface area contributed by atoms with Crippen LogP contribution in [0.15, 0.2) is 30.6 Å². The van der Waals surface area contributed by atoms with E-state index in [4.69, 9.17) is 4.74 Å². The zero-order valence-corrected chi connectivity index (χ0v) is 11.6. The van der Waals surface area contributed by atoms with Crippen LogP contribution in [0, 0.1) is 5.82 Å². The molecule has 0 bridgehead atoms. The Morgan fingerprint density at radius 1 is 1.50 bits per heavy atom. The topological polar surface area (TPSA) is 56.1 Å². The van der Waals surface area contributed by atoms with Crippen molar-refractivity contribution in [2.24, 2.45) is 7.05 Å². The zero-order chi connectivity index (χ0) is 14.7. The summed E-state index contributed by atoms with van der Waals surface area (Å²) in [5.74, 6) is -0.520. The van der Waals surface area contributed by atoms with Gasteiger partial charge >= 0.3 is 0 Å². The number of aromatic nitrogens is 2. The van der Waals surface area contributed by atoms with E-state index in [9.17, 15) is 9.18 Å². The molecule has 0 saturated carbocycles. The van der Waals surface area contributed by atoms with Gasteiger partial charge in [-0.25, -0.2) is 4.39 Å². The van der Waals surface area contributed by atoms with Gasteiger partial charge in [0, 0.05) is 13.2 Å². The molecule has 0 fully saturated rings. The first-order chi connectivity index (χ1) is 9.51. The van der Waals surface area contributed by atoms with Gasteiger partial charge in [-0.2, -0.15) is 5.10 Å². The van der Waals surface area contributed by atoms with E-state index in [0.29, 0.717) is 11.1 Å². The Kier molecular flexibility index (Phi) is 4.02. The van der Waals surface area contributed by atoms with Gasteiger partial charge in [-0.3, -0.25) is 9.48 Å². The van der Waals surface area contributed by atoms with Crippen molar-refractivity contribution < 1.29 is 13.9 Å². The second-order valence-corrected chi connectivity index (χ2v) is 4.49. The highest BCUT2D eigenvalue weighted by Crippen LogP contribution is 2.21. The number of carbonyl (C=O) groups excluding carboxylic acids is 1. The van der Waals surface area contributed by atoms with Crippen LogP contribution in [-0.2, 0) is 7.05 Å². The number of amides is 1. The molecule has 5 nitrogen and oxygen atoms in total. The number of halogens is 1. The van der Waals surface area contributed by atoms with Crippen LogP contribution in [0.2, 0.25) is 0 Å². The van der Waals surface area contributed by atoms with Crippen molar-refractivity contribution in [2.45, 2.75) is 13.0 Å². The SMILES string of the molecule is COc1ccc(C(C)NC(=O)c2cnn(C)c2)cc1F. The fraction of sp³-hybridized carbons (Fsp3) is 0.286. The quantitative estimate of drug-likeness (QED) is 0.930. The van der Waals surface area contributed by atoms with Crippen molar-refractivity contribution in [2.75, 3.05) is 7.11 Å². The van der Waals surface area contributed by atoms with Gasteiger partial charge in [0.15, 0.2) is 11.6 Å². The summed E-state index contributed by atoms with van der Waals surface area (Å²) in [6.45, 7) is 1.79. The second kappa shape index (κ2) is 5.73. The summed E-state index contributed by atoms with van der Waals surface area (Å²) in [5, 5.41) is 6.72. The maximum absolute atomic E-state index is 13.6. The minimum Gasteiger partial charge on any atom is -0.494 e. The van der Waals surface area contributed by atoms with Crippen LogP contribution in [0.3, 0.4) is 0 Å². The van der Waals surface area contributed by atoms with Gasteiger partial charge in [-0.15, -0.1) is 0 Å². The lowest BCUT2D eigenvalue weighted by atomic mass is 10.1. The average Bonchev–Trinajstić information content (AvgIpc) is 2.85. The summed E-state index contributed by atoms with van der Waals surface area (Å²) < 4.78 is 20.0. The van der Waals surface area contributed by atoms with E-state index in [0.717, 1.165) is 0 Å². The summed E-state index contributed by atoms with van der Waals surface area (Å²) in [4.78, 5) is 12.0. The van der Waals surface area contributed by atoms with Gasteiger partial charge in [0.2, 0.25) is 0 Å². The van der Waals surface area contributed by atoms with Crippen LogP contribution in [0.4, 0.5) is 4.39 Å². The molecular weight excluding hydrogens is 261 g/mol. The second-order valence-electron chi connectivity index (χ2n) is 4.49. The molecule has 0 aliphatic carbocycles. The molecule has 0 aliphatic rings. The van der Waals surface area contributed by atoms with E-state index in [1.165, 1.54) is 25.4 Å². The Morgan fingerprint density at radius 2 is 2.25 bits per heavy atom. The third-order valence-electron chi connectivity index (χ3n) is 2.99. The smallest absolute Gasteiger partial charge is 0.254 e.